The van der Waals surface area contributed by atoms with Gasteiger partial charge in [0.25, 0.3) is 0 Å². The highest BCUT2D eigenvalue weighted by Crippen LogP contribution is 2.05. The van der Waals surface area contributed by atoms with Gasteiger partial charge >= 0.3 is 0 Å². The molecule has 90 valence electrons. The second-order valence-corrected chi connectivity index (χ2v) is 3.88. The van der Waals surface area contributed by atoms with E-state index in [9.17, 15) is 0 Å². The van der Waals surface area contributed by atoms with Crippen LogP contribution in [0.2, 0.25) is 0 Å². The molecular weight excluding hydrogens is 214 g/mol. The summed E-state index contributed by atoms with van der Waals surface area (Å²) in [6.45, 7) is 2.74. The SMILES string of the molecule is C#CCC(C)NCc1cccc(/C(N)=N/O)c1. The van der Waals surface area contributed by atoms with Crippen LogP contribution in [0.25, 0.3) is 0 Å². The molecule has 1 unspecified atom stereocenters. The number of hydrogen-bond acceptors (Lipinski definition) is 3. The number of rotatable bonds is 5. The minimum atomic E-state index is 0.114. The fraction of sp³-hybridized carbons (Fsp3) is 0.308. The van der Waals surface area contributed by atoms with Gasteiger partial charge in [-0.25, -0.2) is 0 Å². The number of amidine groups is 1. The molecule has 0 saturated heterocycles. The Hall–Kier alpha value is -1.99. The largest absolute Gasteiger partial charge is 0.409 e. The van der Waals surface area contributed by atoms with Gasteiger partial charge in [0, 0.05) is 24.6 Å². The summed E-state index contributed by atoms with van der Waals surface area (Å²) in [6, 6.07) is 7.79. The third-order valence-electron chi connectivity index (χ3n) is 2.41. The number of terminal acetylenes is 1. The maximum absolute atomic E-state index is 8.59. The van der Waals surface area contributed by atoms with Crippen molar-refractivity contribution in [1.82, 2.24) is 5.32 Å². The summed E-state index contributed by atoms with van der Waals surface area (Å²) in [5, 5.41) is 14.9. The lowest BCUT2D eigenvalue weighted by molar-refractivity contribution is 0.318. The molecule has 0 aromatic heterocycles. The molecular formula is C13H17N3O. The minimum absolute atomic E-state index is 0.114. The average molecular weight is 231 g/mol. The highest BCUT2D eigenvalue weighted by atomic mass is 16.4. The van der Waals surface area contributed by atoms with Crippen LogP contribution in [0.3, 0.4) is 0 Å². The van der Waals surface area contributed by atoms with Crippen LogP contribution < -0.4 is 11.1 Å². The summed E-state index contributed by atoms with van der Waals surface area (Å²) in [7, 11) is 0. The number of nitrogens with zero attached hydrogens (tertiary/aromatic N) is 1. The normalized spacial score (nSPS) is 13.1. The highest BCUT2D eigenvalue weighted by molar-refractivity contribution is 5.97. The molecule has 0 spiro atoms. The Balaban J connectivity index is 2.64. The van der Waals surface area contributed by atoms with Gasteiger partial charge in [0.2, 0.25) is 0 Å². The van der Waals surface area contributed by atoms with E-state index in [-0.39, 0.29) is 11.9 Å². The third kappa shape index (κ3) is 4.17. The van der Waals surface area contributed by atoms with Gasteiger partial charge in [-0.3, -0.25) is 0 Å². The van der Waals surface area contributed by atoms with Crippen molar-refractivity contribution in [2.45, 2.75) is 25.9 Å². The van der Waals surface area contributed by atoms with Gasteiger partial charge in [-0.15, -0.1) is 12.3 Å². The number of benzene rings is 1. The zero-order chi connectivity index (χ0) is 12.7. The molecule has 1 aromatic carbocycles. The lowest BCUT2D eigenvalue weighted by atomic mass is 10.1. The second kappa shape index (κ2) is 6.56. The summed E-state index contributed by atoms with van der Waals surface area (Å²) < 4.78 is 0. The van der Waals surface area contributed by atoms with Crippen LogP contribution in [0.5, 0.6) is 0 Å². The summed E-state index contributed by atoms with van der Waals surface area (Å²) in [4.78, 5) is 0. The van der Waals surface area contributed by atoms with Crippen molar-refractivity contribution in [3.63, 3.8) is 0 Å². The molecule has 0 saturated carbocycles. The number of nitrogens with two attached hydrogens (primary N) is 1. The predicted molar refractivity (Wildman–Crippen MR) is 68.7 cm³/mol. The lowest BCUT2D eigenvalue weighted by Gasteiger charge is -2.11. The minimum Gasteiger partial charge on any atom is -0.409 e. The van der Waals surface area contributed by atoms with Crippen molar-refractivity contribution in [1.29, 1.82) is 0 Å². The molecule has 17 heavy (non-hydrogen) atoms. The van der Waals surface area contributed by atoms with E-state index in [1.165, 1.54) is 0 Å². The standard InChI is InChI=1S/C13H17N3O/c1-3-5-10(2)15-9-11-6-4-7-12(8-11)13(14)16-17/h1,4,6-8,10,15,17H,5,9H2,2H3,(H2,14,16). The van der Waals surface area contributed by atoms with Gasteiger partial charge in [0.15, 0.2) is 5.84 Å². The Morgan fingerprint density at radius 3 is 3.06 bits per heavy atom. The van der Waals surface area contributed by atoms with Gasteiger partial charge in [-0.2, -0.15) is 0 Å². The Morgan fingerprint density at radius 1 is 1.65 bits per heavy atom. The van der Waals surface area contributed by atoms with E-state index in [4.69, 9.17) is 17.4 Å². The van der Waals surface area contributed by atoms with E-state index in [0.717, 1.165) is 5.56 Å². The fourth-order valence-corrected chi connectivity index (χ4v) is 1.44. The number of hydrogen-bond donors (Lipinski definition) is 3. The van der Waals surface area contributed by atoms with E-state index in [0.29, 0.717) is 18.5 Å². The molecule has 0 aliphatic rings. The second-order valence-electron chi connectivity index (χ2n) is 3.88. The van der Waals surface area contributed by atoms with Gasteiger partial charge in [-0.05, 0) is 18.6 Å². The summed E-state index contributed by atoms with van der Waals surface area (Å²) >= 11 is 0. The van der Waals surface area contributed by atoms with Gasteiger partial charge in [0.05, 0.1) is 0 Å². The molecule has 1 atom stereocenters. The Bertz CT molecular complexity index is 435. The summed E-state index contributed by atoms with van der Waals surface area (Å²) in [5.41, 5.74) is 7.29. The van der Waals surface area contributed by atoms with E-state index in [1.54, 1.807) is 6.07 Å². The van der Waals surface area contributed by atoms with Crippen molar-refractivity contribution in [3.05, 3.63) is 35.4 Å². The summed E-state index contributed by atoms with van der Waals surface area (Å²) in [6.07, 6.45) is 5.92. The highest BCUT2D eigenvalue weighted by Gasteiger charge is 2.02. The Morgan fingerprint density at radius 2 is 2.41 bits per heavy atom. The number of oxime groups is 1. The zero-order valence-electron chi connectivity index (χ0n) is 9.85. The van der Waals surface area contributed by atoms with Crippen LogP contribution in [0.1, 0.15) is 24.5 Å². The first-order chi connectivity index (χ1) is 8.17. The van der Waals surface area contributed by atoms with Crippen molar-refractivity contribution in [3.8, 4) is 12.3 Å². The van der Waals surface area contributed by atoms with Crippen LogP contribution >= 0.6 is 0 Å². The van der Waals surface area contributed by atoms with Crippen LogP contribution in [0.4, 0.5) is 0 Å². The van der Waals surface area contributed by atoms with Gasteiger partial charge in [0.1, 0.15) is 0 Å². The first-order valence-corrected chi connectivity index (χ1v) is 5.41. The predicted octanol–water partition coefficient (Wildman–Crippen LogP) is 1.28. The van der Waals surface area contributed by atoms with E-state index < -0.39 is 0 Å². The fourth-order valence-electron chi connectivity index (χ4n) is 1.44. The molecule has 0 bridgehead atoms. The van der Waals surface area contributed by atoms with E-state index >= 15 is 0 Å². The van der Waals surface area contributed by atoms with Crippen molar-refractivity contribution in [2.24, 2.45) is 10.9 Å². The maximum Gasteiger partial charge on any atom is 0.170 e. The molecule has 0 aliphatic heterocycles. The van der Waals surface area contributed by atoms with Crippen LogP contribution in [0, 0.1) is 12.3 Å². The quantitative estimate of drug-likeness (QED) is 0.235. The molecule has 4 nitrogen and oxygen atoms in total. The molecule has 1 rings (SSSR count). The molecule has 1 aromatic rings. The average Bonchev–Trinajstić information content (AvgIpc) is 2.36. The van der Waals surface area contributed by atoms with Crippen molar-refractivity contribution in [2.75, 3.05) is 0 Å². The van der Waals surface area contributed by atoms with E-state index in [1.807, 2.05) is 25.1 Å². The van der Waals surface area contributed by atoms with E-state index in [2.05, 4.69) is 16.4 Å². The maximum atomic E-state index is 8.59. The van der Waals surface area contributed by atoms with Crippen molar-refractivity contribution >= 4 is 5.84 Å². The van der Waals surface area contributed by atoms with Crippen LogP contribution in [-0.2, 0) is 6.54 Å². The lowest BCUT2D eigenvalue weighted by Crippen LogP contribution is -2.25. The topological polar surface area (TPSA) is 70.6 Å². The monoisotopic (exact) mass is 231 g/mol. The molecule has 0 heterocycles. The first-order valence-electron chi connectivity index (χ1n) is 5.41. The third-order valence-corrected chi connectivity index (χ3v) is 2.41. The Kier molecular flexibility index (Phi) is 5.05. The summed E-state index contributed by atoms with van der Waals surface area (Å²) in [5.74, 6) is 2.72. The molecule has 4 heteroatoms. The molecule has 0 amide bonds. The number of nitrogens with one attached hydrogen (secondary N) is 1. The Labute approximate surface area is 102 Å². The first kappa shape index (κ1) is 13.1. The smallest absolute Gasteiger partial charge is 0.170 e. The molecule has 4 N–H and O–H groups in total. The van der Waals surface area contributed by atoms with Crippen LogP contribution in [-0.4, -0.2) is 17.1 Å². The zero-order valence-corrected chi connectivity index (χ0v) is 9.85. The molecule has 0 fully saturated rings. The van der Waals surface area contributed by atoms with Crippen molar-refractivity contribution < 1.29 is 5.21 Å². The molecule has 0 radical (unpaired) electrons. The van der Waals surface area contributed by atoms with Gasteiger partial charge < -0.3 is 16.3 Å². The molecule has 0 aliphatic carbocycles. The van der Waals surface area contributed by atoms with Gasteiger partial charge in [-0.1, -0.05) is 23.4 Å². The van der Waals surface area contributed by atoms with Crippen LogP contribution in [0.15, 0.2) is 29.4 Å².